The summed E-state index contributed by atoms with van der Waals surface area (Å²) in [7, 11) is 2.90. The number of halogens is 1. The average Bonchev–Trinajstić information content (AvgIpc) is 3.07. The third-order valence-corrected chi connectivity index (χ3v) is 5.80. The van der Waals surface area contributed by atoms with Gasteiger partial charge in [-0.2, -0.15) is 0 Å². The number of methoxy groups -OCH3 is 2. The van der Waals surface area contributed by atoms with Gasteiger partial charge in [0.15, 0.2) is 0 Å². The van der Waals surface area contributed by atoms with E-state index in [-0.39, 0.29) is 27.7 Å². The van der Waals surface area contributed by atoms with Crippen LogP contribution in [0.1, 0.15) is 43.9 Å². The summed E-state index contributed by atoms with van der Waals surface area (Å²) in [6.07, 6.45) is 1.56. The first kappa shape index (κ1) is 24.5. The van der Waals surface area contributed by atoms with Gasteiger partial charge in [0, 0.05) is 12.6 Å². The van der Waals surface area contributed by atoms with Gasteiger partial charge < -0.3 is 24.2 Å². The fraction of sp³-hybridized carbons (Fsp3) is 0.360. The van der Waals surface area contributed by atoms with Crippen LogP contribution in [0.3, 0.4) is 0 Å². The maximum absolute atomic E-state index is 13.2. The van der Waals surface area contributed by atoms with E-state index in [9.17, 15) is 14.7 Å². The second-order valence-corrected chi connectivity index (χ2v) is 7.95. The predicted molar refractivity (Wildman–Crippen MR) is 126 cm³/mol. The molecule has 0 spiro atoms. The van der Waals surface area contributed by atoms with Crippen molar-refractivity contribution in [2.45, 2.75) is 32.7 Å². The molecule has 1 saturated heterocycles. The molecule has 2 aromatic carbocycles. The molecular weight excluding hydrogens is 446 g/mol. The molecule has 1 heterocycles. The van der Waals surface area contributed by atoms with Crippen molar-refractivity contribution >= 4 is 29.1 Å². The monoisotopic (exact) mass is 473 g/mol. The van der Waals surface area contributed by atoms with Crippen LogP contribution in [-0.4, -0.2) is 49.1 Å². The summed E-state index contributed by atoms with van der Waals surface area (Å²) in [5, 5.41) is 11.6. The minimum absolute atomic E-state index is 0.0238. The Balaban J connectivity index is 2.23. The molecule has 0 saturated carbocycles. The first-order valence-corrected chi connectivity index (χ1v) is 11.2. The summed E-state index contributed by atoms with van der Waals surface area (Å²) in [5.41, 5.74) is 0.836. The zero-order valence-electron chi connectivity index (χ0n) is 19.2. The minimum Gasteiger partial charge on any atom is -0.507 e. The normalized spacial score (nSPS) is 17.4. The Morgan fingerprint density at radius 2 is 1.82 bits per heavy atom. The Bertz CT molecular complexity index is 1080. The molecule has 2 aromatic rings. The van der Waals surface area contributed by atoms with E-state index < -0.39 is 17.7 Å². The maximum atomic E-state index is 13.2. The van der Waals surface area contributed by atoms with Crippen molar-refractivity contribution in [2.75, 3.05) is 27.4 Å². The predicted octanol–water partition coefficient (Wildman–Crippen LogP) is 4.98. The van der Waals surface area contributed by atoms with Crippen molar-refractivity contribution in [3.63, 3.8) is 0 Å². The number of likely N-dealkylation sites (tertiary alicyclic amines) is 1. The molecule has 1 fully saturated rings. The molecule has 3 rings (SSSR count). The molecule has 1 aliphatic rings. The average molecular weight is 474 g/mol. The Hall–Kier alpha value is -3.19. The third-order valence-electron chi connectivity index (χ3n) is 5.51. The number of carbonyl (C=O) groups is 2. The number of hydrogen-bond donors (Lipinski definition) is 1. The van der Waals surface area contributed by atoms with E-state index >= 15 is 0 Å². The SMILES string of the molecule is CCCCN1C(=O)C(=O)/C(=C(/O)c2cc(Cl)c(OC)cc2OC)C1c1cccc(OCC)c1. The zero-order chi connectivity index (χ0) is 24.1. The summed E-state index contributed by atoms with van der Waals surface area (Å²) in [6.45, 7) is 4.73. The minimum atomic E-state index is -0.775. The Morgan fingerprint density at radius 1 is 1.09 bits per heavy atom. The van der Waals surface area contributed by atoms with Crippen molar-refractivity contribution < 1.29 is 28.9 Å². The van der Waals surface area contributed by atoms with Gasteiger partial charge in [-0.3, -0.25) is 9.59 Å². The fourth-order valence-electron chi connectivity index (χ4n) is 3.92. The second kappa shape index (κ2) is 10.6. The molecular formula is C25H28ClNO6. The van der Waals surface area contributed by atoms with Crippen molar-refractivity contribution in [1.82, 2.24) is 4.90 Å². The number of Topliss-reactive ketones (excluding diaryl/α,β-unsaturated/α-hetero) is 1. The third kappa shape index (κ3) is 4.78. The van der Waals surface area contributed by atoms with Gasteiger partial charge in [-0.05, 0) is 37.1 Å². The molecule has 1 aliphatic heterocycles. The van der Waals surface area contributed by atoms with Crippen molar-refractivity contribution in [1.29, 1.82) is 0 Å². The molecule has 0 aromatic heterocycles. The van der Waals surface area contributed by atoms with E-state index in [1.165, 1.54) is 31.3 Å². The lowest BCUT2D eigenvalue weighted by molar-refractivity contribution is -0.139. The summed E-state index contributed by atoms with van der Waals surface area (Å²) in [6, 6.07) is 9.40. The number of ketones is 1. The first-order chi connectivity index (χ1) is 15.9. The van der Waals surface area contributed by atoms with Crippen LogP contribution < -0.4 is 14.2 Å². The van der Waals surface area contributed by atoms with Gasteiger partial charge in [0.1, 0.15) is 23.0 Å². The molecule has 8 heteroatoms. The molecule has 1 atom stereocenters. The van der Waals surface area contributed by atoms with Crippen LogP contribution in [0.4, 0.5) is 0 Å². The smallest absolute Gasteiger partial charge is 0.295 e. The standard InChI is InChI=1S/C25H28ClNO6/c1-5-7-11-27-22(15-9-8-10-16(12-15)33-6-2)21(24(29)25(27)30)23(28)17-13-18(26)20(32-4)14-19(17)31-3/h8-10,12-14,22,28H,5-7,11H2,1-4H3/b23-21+. The Labute approximate surface area is 198 Å². The molecule has 7 nitrogen and oxygen atoms in total. The molecule has 1 amide bonds. The number of aliphatic hydroxyl groups excluding tert-OH is 1. The number of hydrogen-bond acceptors (Lipinski definition) is 6. The molecule has 0 bridgehead atoms. The summed E-state index contributed by atoms with van der Waals surface area (Å²) in [5.74, 6) is -0.550. The number of unbranched alkanes of at least 4 members (excludes halogenated alkanes) is 1. The van der Waals surface area contributed by atoms with E-state index in [0.29, 0.717) is 36.6 Å². The Kier molecular flexibility index (Phi) is 7.87. The van der Waals surface area contributed by atoms with Gasteiger partial charge in [0.2, 0.25) is 0 Å². The molecule has 33 heavy (non-hydrogen) atoms. The molecule has 176 valence electrons. The van der Waals surface area contributed by atoms with Crippen molar-refractivity contribution in [2.24, 2.45) is 0 Å². The lowest BCUT2D eigenvalue weighted by atomic mass is 9.94. The van der Waals surface area contributed by atoms with Crippen molar-refractivity contribution in [3.05, 3.63) is 58.1 Å². The van der Waals surface area contributed by atoms with E-state index in [1.807, 2.05) is 19.9 Å². The van der Waals surface area contributed by atoms with Gasteiger partial charge in [-0.15, -0.1) is 0 Å². The number of ether oxygens (including phenoxy) is 3. The highest BCUT2D eigenvalue weighted by atomic mass is 35.5. The maximum Gasteiger partial charge on any atom is 0.295 e. The fourth-order valence-corrected chi connectivity index (χ4v) is 4.16. The lowest BCUT2D eigenvalue weighted by Crippen LogP contribution is -2.30. The van der Waals surface area contributed by atoms with E-state index in [1.54, 1.807) is 18.2 Å². The number of carbonyl (C=O) groups excluding carboxylic acids is 2. The number of rotatable bonds is 9. The number of aliphatic hydroxyl groups is 1. The molecule has 1 unspecified atom stereocenters. The van der Waals surface area contributed by atoms with Crippen molar-refractivity contribution in [3.8, 4) is 17.2 Å². The molecule has 0 radical (unpaired) electrons. The number of benzene rings is 2. The van der Waals surface area contributed by atoms with Crippen LogP contribution in [0, 0.1) is 0 Å². The highest BCUT2D eigenvalue weighted by Gasteiger charge is 2.46. The van der Waals surface area contributed by atoms with E-state index in [0.717, 1.165) is 6.42 Å². The lowest BCUT2D eigenvalue weighted by Gasteiger charge is -2.25. The zero-order valence-corrected chi connectivity index (χ0v) is 19.9. The number of amides is 1. The van der Waals surface area contributed by atoms with E-state index in [4.69, 9.17) is 25.8 Å². The van der Waals surface area contributed by atoms with Crippen LogP contribution in [0.25, 0.3) is 5.76 Å². The second-order valence-electron chi connectivity index (χ2n) is 7.54. The van der Waals surface area contributed by atoms with Crippen LogP contribution in [0.5, 0.6) is 17.2 Å². The van der Waals surface area contributed by atoms with Gasteiger partial charge in [0.05, 0.1) is 43.0 Å². The summed E-state index contributed by atoms with van der Waals surface area (Å²) >= 11 is 6.29. The summed E-state index contributed by atoms with van der Waals surface area (Å²) in [4.78, 5) is 27.7. The van der Waals surface area contributed by atoms with Gasteiger partial charge >= 0.3 is 0 Å². The topological polar surface area (TPSA) is 85.3 Å². The highest BCUT2D eigenvalue weighted by molar-refractivity contribution is 6.46. The largest absolute Gasteiger partial charge is 0.507 e. The van der Waals surface area contributed by atoms with Gasteiger partial charge in [-0.25, -0.2) is 0 Å². The first-order valence-electron chi connectivity index (χ1n) is 10.8. The summed E-state index contributed by atoms with van der Waals surface area (Å²) < 4.78 is 16.2. The quantitative estimate of drug-likeness (QED) is 0.314. The molecule has 0 aliphatic carbocycles. The molecule has 1 N–H and O–H groups in total. The van der Waals surface area contributed by atoms with Gasteiger partial charge in [-0.1, -0.05) is 37.1 Å². The van der Waals surface area contributed by atoms with Crippen LogP contribution >= 0.6 is 11.6 Å². The van der Waals surface area contributed by atoms with Crippen LogP contribution in [0.2, 0.25) is 5.02 Å². The van der Waals surface area contributed by atoms with Crippen LogP contribution in [-0.2, 0) is 9.59 Å². The van der Waals surface area contributed by atoms with Crippen LogP contribution in [0.15, 0.2) is 42.0 Å². The van der Waals surface area contributed by atoms with E-state index in [2.05, 4.69) is 0 Å². The van der Waals surface area contributed by atoms with Gasteiger partial charge in [0.25, 0.3) is 11.7 Å². The highest BCUT2D eigenvalue weighted by Crippen LogP contribution is 2.43. The Morgan fingerprint density at radius 3 is 2.45 bits per heavy atom. The number of nitrogens with zero attached hydrogens (tertiary/aromatic N) is 1.